The number of amides is 1. The van der Waals surface area contributed by atoms with E-state index in [4.69, 9.17) is 11.6 Å². The maximum Gasteiger partial charge on any atom is 0.250 e. The van der Waals surface area contributed by atoms with Crippen LogP contribution in [0.4, 0.5) is 5.13 Å². The summed E-state index contributed by atoms with van der Waals surface area (Å²) in [7, 11) is 0. The van der Waals surface area contributed by atoms with E-state index < -0.39 is 6.04 Å². The highest BCUT2D eigenvalue weighted by molar-refractivity contribution is 7.13. The van der Waals surface area contributed by atoms with Gasteiger partial charge in [0.1, 0.15) is 6.04 Å². The molecule has 7 heteroatoms. The van der Waals surface area contributed by atoms with Crippen LogP contribution in [0.3, 0.4) is 0 Å². The van der Waals surface area contributed by atoms with Crippen molar-refractivity contribution in [2.45, 2.75) is 19.9 Å². The van der Waals surface area contributed by atoms with Gasteiger partial charge in [0.05, 0.1) is 16.9 Å². The summed E-state index contributed by atoms with van der Waals surface area (Å²) in [4.78, 5) is 15.9. The molecular formula is C10H11ClN4OS. The summed E-state index contributed by atoms with van der Waals surface area (Å²) in [6.07, 6.45) is 3.17. The van der Waals surface area contributed by atoms with Crippen LogP contribution in [0.25, 0.3) is 0 Å². The Bertz CT molecular complexity index is 522. The molecule has 2 aromatic rings. The fourth-order valence-corrected chi connectivity index (χ4v) is 2.06. The molecule has 2 rings (SSSR count). The van der Waals surface area contributed by atoms with Crippen LogP contribution in [-0.2, 0) is 4.79 Å². The molecule has 2 heterocycles. The number of halogens is 1. The number of anilines is 1. The molecule has 0 bridgehead atoms. The topological polar surface area (TPSA) is 59.8 Å². The Morgan fingerprint density at radius 3 is 2.94 bits per heavy atom. The van der Waals surface area contributed by atoms with Crippen LogP contribution in [0.15, 0.2) is 17.8 Å². The molecule has 90 valence electrons. The molecule has 0 spiro atoms. The Hall–Kier alpha value is -1.40. The SMILES string of the molecule is Cc1c(Cl)cnn1[C@@H](C)C(=O)Nc1nccs1. The normalized spacial score (nSPS) is 12.4. The van der Waals surface area contributed by atoms with Crippen LogP contribution in [0.5, 0.6) is 0 Å². The predicted octanol–water partition coefficient (Wildman–Crippen LogP) is 2.50. The van der Waals surface area contributed by atoms with Crippen molar-refractivity contribution in [1.82, 2.24) is 14.8 Å². The zero-order valence-electron chi connectivity index (χ0n) is 9.35. The van der Waals surface area contributed by atoms with E-state index in [1.165, 1.54) is 17.5 Å². The van der Waals surface area contributed by atoms with Crippen LogP contribution >= 0.6 is 22.9 Å². The number of carbonyl (C=O) groups excluding carboxylic acids is 1. The van der Waals surface area contributed by atoms with E-state index >= 15 is 0 Å². The van der Waals surface area contributed by atoms with Gasteiger partial charge in [0, 0.05) is 11.6 Å². The van der Waals surface area contributed by atoms with Crippen molar-refractivity contribution in [2.75, 3.05) is 5.32 Å². The lowest BCUT2D eigenvalue weighted by Gasteiger charge is -2.13. The van der Waals surface area contributed by atoms with Crippen LogP contribution in [0.2, 0.25) is 5.02 Å². The molecule has 1 N–H and O–H groups in total. The van der Waals surface area contributed by atoms with Gasteiger partial charge < -0.3 is 5.32 Å². The summed E-state index contributed by atoms with van der Waals surface area (Å²) in [6.45, 7) is 3.59. The van der Waals surface area contributed by atoms with E-state index in [1.54, 1.807) is 23.2 Å². The average Bonchev–Trinajstić information content (AvgIpc) is 2.90. The second-order valence-electron chi connectivity index (χ2n) is 3.52. The van der Waals surface area contributed by atoms with E-state index in [0.29, 0.717) is 10.2 Å². The van der Waals surface area contributed by atoms with E-state index in [9.17, 15) is 4.79 Å². The van der Waals surface area contributed by atoms with E-state index in [0.717, 1.165) is 5.69 Å². The Labute approximate surface area is 107 Å². The van der Waals surface area contributed by atoms with Crippen molar-refractivity contribution >= 4 is 34.0 Å². The molecule has 0 saturated heterocycles. The largest absolute Gasteiger partial charge is 0.300 e. The number of rotatable bonds is 3. The zero-order chi connectivity index (χ0) is 12.4. The van der Waals surface area contributed by atoms with Crippen molar-refractivity contribution < 1.29 is 4.79 Å². The minimum absolute atomic E-state index is 0.164. The number of nitrogens with zero attached hydrogens (tertiary/aromatic N) is 3. The molecule has 1 amide bonds. The number of aromatic nitrogens is 3. The molecule has 0 saturated carbocycles. The van der Waals surface area contributed by atoms with Crippen LogP contribution in [0, 0.1) is 6.92 Å². The molecule has 0 aromatic carbocycles. The highest BCUT2D eigenvalue weighted by Crippen LogP contribution is 2.19. The lowest BCUT2D eigenvalue weighted by molar-refractivity contribution is -0.119. The summed E-state index contributed by atoms with van der Waals surface area (Å²) in [5.41, 5.74) is 0.772. The van der Waals surface area contributed by atoms with Gasteiger partial charge in [-0.1, -0.05) is 11.6 Å². The molecule has 0 aliphatic heterocycles. The van der Waals surface area contributed by atoms with Gasteiger partial charge in [-0.3, -0.25) is 9.48 Å². The first-order valence-corrected chi connectivity index (χ1v) is 6.25. The maximum absolute atomic E-state index is 11.9. The van der Waals surface area contributed by atoms with Gasteiger partial charge in [0.2, 0.25) is 0 Å². The first-order chi connectivity index (χ1) is 8.09. The van der Waals surface area contributed by atoms with Crippen molar-refractivity contribution in [3.8, 4) is 0 Å². The fourth-order valence-electron chi connectivity index (χ4n) is 1.40. The number of thiazole rings is 1. The number of nitrogens with one attached hydrogen (secondary N) is 1. The van der Waals surface area contributed by atoms with Gasteiger partial charge in [-0.15, -0.1) is 11.3 Å². The number of hydrogen-bond acceptors (Lipinski definition) is 4. The van der Waals surface area contributed by atoms with Gasteiger partial charge in [0.15, 0.2) is 5.13 Å². The zero-order valence-corrected chi connectivity index (χ0v) is 10.9. The summed E-state index contributed by atoms with van der Waals surface area (Å²) in [6, 6.07) is -0.425. The average molecular weight is 271 g/mol. The Morgan fingerprint density at radius 1 is 1.65 bits per heavy atom. The Balaban J connectivity index is 2.12. The molecular weight excluding hydrogens is 260 g/mol. The van der Waals surface area contributed by atoms with E-state index in [2.05, 4.69) is 15.4 Å². The molecule has 0 fully saturated rings. The second-order valence-corrected chi connectivity index (χ2v) is 4.83. The quantitative estimate of drug-likeness (QED) is 0.932. The third-order valence-corrected chi connectivity index (χ3v) is 3.45. The van der Waals surface area contributed by atoms with Crippen LogP contribution < -0.4 is 5.32 Å². The highest BCUT2D eigenvalue weighted by atomic mass is 35.5. The van der Waals surface area contributed by atoms with Crippen LogP contribution in [0.1, 0.15) is 18.7 Å². The van der Waals surface area contributed by atoms with Gasteiger partial charge in [-0.2, -0.15) is 5.10 Å². The lowest BCUT2D eigenvalue weighted by atomic mass is 10.3. The van der Waals surface area contributed by atoms with Crippen molar-refractivity contribution in [2.24, 2.45) is 0 Å². The van der Waals surface area contributed by atoms with Crippen molar-refractivity contribution in [3.63, 3.8) is 0 Å². The van der Waals surface area contributed by atoms with Gasteiger partial charge in [-0.05, 0) is 13.8 Å². The minimum atomic E-state index is -0.425. The highest BCUT2D eigenvalue weighted by Gasteiger charge is 2.19. The number of carbonyl (C=O) groups is 1. The third kappa shape index (κ3) is 2.48. The summed E-state index contributed by atoms with van der Waals surface area (Å²) >= 11 is 7.27. The molecule has 2 aromatic heterocycles. The molecule has 0 unspecified atom stereocenters. The Morgan fingerprint density at radius 2 is 2.41 bits per heavy atom. The Kier molecular flexibility index (Phi) is 3.44. The third-order valence-electron chi connectivity index (χ3n) is 2.39. The maximum atomic E-state index is 11.9. The molecule has 0 aliphatic carbocycles. The fraction of sp³-hybridized carbons (Fsp3) is 0.300. The molecule has 1 atom stereocenters. The summed E-state index contributed by atoms with van der Waals surface area (Å²) < 4.78 is 1.59. The monoisotopic (exact) mass is 270 g/mol. The molecule has 5 nitrogen and oxygen atoms in total. The summed E-state index contributed by atoms with van der Waals surface area (Å²) in [5.74, 6) is -0.164. The first kappa shape index (κ1) is 12.1. The van der Waals surface area contributed by atoms with Gasteiger partial charge in [0.25, 0.3) is 5.91 Å². The van der Waals surface area contributed by atoms with Crippen molar-refractivity contribution in [1.29, 1.82) is 0 Å². The van der Waals surface area contributed by atoms with E-state index in [1.807, 2.05) is 6.92 Å². The molecule has 0 radical (unpaired) electrons. The first-order valence-electron chi connectivity index (χ1n) is 4.99. The second kappa shape index (κ2) is 4.85. The van der Waals surface area contributed by atoms with Crippen molar-refractivity contribution in [3.05, 3.63) is 28.5 Å². The molecule has 17 heavy (non-hydrogen) atoms. The standard InChI is InChI=1S/C10H11ClN4OS/c1-6-8(11)5-13-15(6)7(2)9(16)14-10-12-3-4-17-10/h3-5,7H,1-2H3,(H,12,14,16)/t7-/m0/s1. The number of hydrogen-bond donors (Lipinski definition) is 1. The van der Waals surface area contributed by atoms with Crippen LogP contribution in [-0.4, -0.2) is 20.7 Å². The molecule has 0 aliphatic rings. The minimum Gasteiger partial charge on any atom is -0.300 e. The predicted molar refractivity (Wildman–Crippen MR) is 67.4 cm³/mol. The lowest BCUT2D eigenvalue weighted by Crippen LogP contribution is -2.25. The van der Waals surface area contributed by atoms with Gasteiger partial charge in [-0.25, -0.2) is 4.98 Å². The summed E-state index contributed by atoms with van der Waals surface area (Å²) in [5, 5.41) is 9.73. The van der Waals surface area contributed by atoms with E-state index in [-0.39, 0.29) is 5.91 Å². The van der Waals surface area contributed by atoms with Gasteiger partial charge >= 0.3 is 0 Å². The smallest absolute Gasteiger partial charge is 0.250 e.